The zero-order chi connectivity index (χ0) is 22.5. The third-order valence-corrected chi connectivity index (χ3v) is 6.81. The molecule has 1 aliphatic rings. The van der Waals surface area contributed by atoms with Crippen molar-refractivity contribution in [2.45, 2.75) is 44.2 Å². The number of carbonyl (C=O) groups is 2. The highest BCUT2D eigenvalue weighted by molar-refractivity contribution is 7.10. The smallest absolute Gasteiger partial charge is 0.248 e. The Morgan fingerprint density at radius 3 is 2.44 bits per heavy atom. The van der Waals surface area contributed by atoms with Gasteiger partial charge in [0.15, 0.2) is 0 Å². The highest BCUT2D eigenvalue weighted by Gasteiger charge is 2.35. The average Bonchev–Trinajstić information content (AvgIpc) is 3.48. The van der Waals surface area contributed by atoms with Gasteiger partial charge in [-0.15, -0.1) is 11.3 Å². The van der Waals surface area contributed by atoms with E-state index in [2.05, 4.69) is 5.32 Å². The minimum absolute atomic E-state index is 0.0622. The molecule has 0 aliphatic heterocycles. The number of nitrogens with zero attached hydrogens (tertiary/aromatic N) is 1. The summed E-state index contributed by atoms with van der Waals surface area (Å²) in [6.07, 6.45) is 4.01. The van der Waals surface area contributed by atoms with Gasteiger partial charge in [-0.1, -0.05) is 54.8 Å². The molecule has 1 unspecified atom stereocenters. The van der Waals surface area contributed by atoms with Gasteiger partial charge in [-0.3, -0.25) is 14.5 Å². The van der Waals surface area contributed by atoms with Crippen LogP contribution >= 0.6 is 22.9 Å². The third-order valence-electron chi connectivity index (χ3n) is 5.68. The molecule has 0 bridgehead atoms. The lowest BCUT2D eigenvalue weighted by Crippen LogP contribution is -2.47. The van der Waals surface area contributed by atoms with E-state index in [1.165, 1.54) is 28.4 Å². The molecular weight excluding hydrogens is 447 g/mol. The van der Waals surface area contributed by atoms with Gasteiger partial charge in [-0.25, -0.2) is 4.39 Å². The monoisotopic (exact) mass is 470 g/mol. The van der Waals surface area contributed by atoms with Crippen LogP contribution in [-0.2, 0) is 16.0 Å². The zero-order valence-corrected chi connectivity index (χ0v) is 19.0. The maximum atomic E-state index is 14.9. The standard InChI is InChI=1S/C25H24ClFN2O2S/c26-18-13-11-17(12-14-18)24(25(31)28-19-6-1-2-7-19)29(22-10-4-3-9-21(22)27)23(30)16-20-8-5-15-32-20/h3-5,8-15,19,24H,1-2,6-7,16H2,(H,28,31). The van der Waals surface area contributed by atoms with Crippen LogP contribution in [0.1, 0.15) is 42.2 Å². The van der Waals surface area contributed by atoms with Crippen molar-refractivity contribution < 1.29 is 14.0 Å². The maximum absolute atomic E-state index is 14.9. The summed E-state index contributed by atoms with van der Waals surface area (Å²) in [6.45, 7) is 0. The summed E-state index contributed by atoms with van der Waals surface area (Å²) in [5, 5.41) is 5.50. The van der Waals surface area contributed by atoms with Crippen LogP contribution in [0, 0.1) is 5.82 Å². The van der Waals surface area contributed by atoms with E-state index in [0.29, 0.717) is 10.6 Å². The number of thiophene rings is 1. The second-order valence-corrected chi connectivity index (χ2v) is 9.38. The van der Waals surface area contributed by atoms with Crippen molar-refractivity contribution in [2.24, 2.45) is 0 Å². The van der Waals surface area contributed by atoms with Crippen LogP contribution in [0.2, 0.25) is 5.02 Å². The minimum Gasteiger partial charge on any atom is -0.351 e. The zero-order valence-electron chi connectivity index (χ0n) is 17.5. The summed E-state index contributed by atoms with van der Waals surface area (Å²) in [5.74, 6) is -1.22. The normalized spacial score (nSPS) is 14.8. The summed E-state index contributed by atoms with van der Waals surface area (Å²) in [5.41, 5.74) is 0.656. The second kappa shape index (κ2) is 10.3. The highest BCUT2D eigenvalue weighted by atomic mass is 35.5. The number of hydrogen-bond acceptors (Lipinski definition) is 3. The lowest BCUT2D eigenvalue weighted by atomic mass is 10.0. The molecule has 32 heavy (non-hydrogen) atoms. The predicted octanol–water partition coefficient (Wildman–Crippen LogP) is 5.92. The van der Waals surface area contributed by atoms with Gasteiger partial charge in [-0.2, -0.15) is 0 Å². The second-order valence-electron chi connectivity index (χ2n) is 7.92. The van der Waals surface area contributed by atoms with Crippen molar-refractivity contribution in [3.63, 3.8) is 0 Å². The van der Waals surface area contributed by atoms with Gasteiger partial charge in [0.05, 0.1) is 12.1 Å². The molecule has 1 fully saturated rings. The summed E-state index contributed by atoms with van der Waals surface area (Å²) < 4.78 is 14.9. The van der Waals surface area contributed by atoms with Crippen LogP contribution < -0.4 is 10.2 Å². The molecule has 2 amide bonds. The van der Waals surface area contributed by atoms with Crippen molar-refractivity contribution in [1.29, 1.82) is 0 Å². The number of nitrogens with one attached hydrogen (secondary N) is 1. The predicted molar refractivity (Wildman–Crippen MR) is 127 cm³/mol. The van der Waals surface area contributed by atoms with E-state index >= 15 is 0 Å². The lowest BCUT2D eigenvalue weighted by Gasteiger charge is -2.32. The SMILES string of the molecule is O=C(NC1CCCC1)C(c1ccc(Cl)cc1)N(C(=O)Cc1cccs1)c1ccccc1F. The Morgan fingerprint density at radius 2 is 1.78 bits per heavy atom. The quantitative estimate of drug-likeness (QED) is 0.466. The summed E-state index contributed by atoms with van der Waals surface area (Å²) in [7, 11) is 0. The van der Waals surface area contributed by atoms with E-state index in [4.69, 9.17) is 11.6 Å². The molecule has 1 atom stereocenters. The molecule has 3 aromatic rings. The Kier molecular flexibility index (Phi) is 7.22. The number of benzene rings is 2. The van der Waals surface area contributed by atoms with Crippen molar-refractivity contribution >= 4 is 40.4 Å². The molecule has 4 nitrogen and oxygen atoms in total. The van der Waals surface area contributed by atoms with E-state index < -0.39 is 11.9 Å². The molecule has 1 aromatic heterocycles. The van der Waals surface area contributed by atoms with Gasteiger partial charge in [-0.05, 0) is 54.1 Å². The molecule has 1 aliphatic carbocycles. The molecule has 1 N–H and O–H groups in total. The molecule has 0 spiro atoms. The molecular formula is C25H24ClFN2O2S. The third kappa shape index (κ3) is 5.19. The topological polar surface area (TPSA) is 49.4 Å². The van der Waals surface area contributed by atoms with Crippen molar-refractivity contribution in [3.05, 3.63) is 87.3 Å². The van der Waals surface area contributed by atoms with Gasteiger partial charge in [0.2, 0.25) is 11.8 Å². The van der Waals surface area contributed by atoms with Crippen LogP contribution in [0.3, 0.4) is 0 Å². The number of rotatable bonds is 7. The fraction of sp³-hybridized carbons (Fsp3) is 0.280. The highest BCUT2D eigenvalue weighted by Crippen LogP contribution is 2.32. The summed E-state index contributed by atoms with van der Waals surface area (Å²) in [6, 6.07) is 15.6. The van der Waals surface area contributed by atoms with E-state index in [1.54, 1.807) is 36.4 Å². The number of carbonyl (C=O) groups excluding carboxylic acids is 2. The molecule has 7 heteroatoms. The van der Waals surface area contributed by atoms with E-state index in [0.717, 1.165) is 30.6 Å². The molecule has 0 radical (unpaired) electrons. The fourth-order valence-electron chi connectivity index (χ4n) is 4.12. The first-order valence-corrected chi connectivity index (χ1v) is 11.9. The molecule has 4 rings (SSSR count). The van der Waals surface area contributed by atoms with Crippen LogP contribution in [0.5, 0.6) is 0 Å². The summed E-state index contributed by atoms with van der Waals surface area (Å²) >= 11 is 7.53. The molecule has 1 heterocycles. The number of amides is 2. The Morgan fingerprint density at radius 1 is 1.06 bits per heavy atom. The van der Waals surface area contributed by atoms with E-state index in [1.807, 2.05) is 17.5 Å². The Hall–Kier alpha value is -2.70. The number of halogens is 2. The van der Waals surface area contributed by atoms with Gasteiger partial charge in [0.25, 0.3) is 0 Å². The van der Waals surface area contributed by atoms with Crippen LogP contribution in [0.4, 0.5) is 10.1 Å². The van der Waals surface area contributed by atoms with Crippen LogP contribution in [0.15, 0.2) is 66.0 Å². The first-order valence-electron chi connectivity index (χ1n) is 10.7. The largest absolute Gasteiger partial charge is 0.351 e. The lowest BCUT2D eigenvalue weighted by molar-refractivity contribution is -0.127. The van der Waals surface area contributed by atoms with Gasteiger partial charge >= 0.3 is 0 Å². The van der Waals surface area contributed by atoms with Crippen molar-refractivity contribution in [1.82, 2.24) is 5.32 Å². The molecule has 2 aromatic carbocycles. The van der Waals surface area contributed by atoms with E-state index in [-0.39, 0.29) is 30.0 Å². The first kappa shape index (κ1) is 22.5. The average molecular weight is 471 g/mol. The van der Waals surface area contributed by atoms with Crippen LogP contribution in [-0.4, -0.2) is 17.9 Å². The summed E-state index contributed by atoms with van der Waals surface area (Å²) in [4.78, 5) is 29.2. The molecule has 1 saturated carbocycles. The van der Waals surface area contributed by atoms with Crippen molar-refractivity contribution in [2.75, 3.05) is 4.90 Å². The Labute approximate surface area is 196 Å². The van der Waals surface area contributed by atoms with Crippen LogP contribution in [0.25, 0.3) is 0 Å². The van der Waals surface area contributed by atoms with Gasteiger partial charge < -0.3 is 5.32 Å². The molecule has 166 valence electrons. The number of hydrogen-bond donors (Lipinski definition) is 1. The van der Waals surface area contributed by atoms with Gasteiger partial charge in [0, 0.05) is 15.9 Å². The van der Waals surface area contributed by atoms with Gasteiger partial charge in [0.1, 0.15) is 11.9 Å². The Bertz CT molecular complexity index is 1070. The maximum Gasteiger partial charge on any atom is 0.248 e. The number of anilines is 1. The molecule has 0 saturated heterocycles. The van der Waals surface area contributed by atoms with E-state index in [9.17, 15) is 14.0 Å². The number of para-hydroxylation sites is 1. The minimum atomic E-state index is -1.02. The fourth-order valence-corrected chi connectivity index (χ4v) is 4.95. The Balaban J connectivity index is 1.77. The van der Waals surface area contributed by atoms with Crippen molar-refractivity contribution in [3.8, 4) is 0 Å². The first-order chi connectivity index (χ1) is 15.5.